The van der Waals surface area contributed by atoms with Gasteiger partial charge in [0.25, 0.3) is 0 Å². The fourth-order valence-electron chi connectivity index (χ4n) is 5.97. The average molecular weight is 523 g/mol. The zero-order valence-corrected chi connectivity index (χ0v) is 23.3. The Balaban J connectivity index is 1.35. The van der Waals surface area contributed by atoms with E-state index in [1.54, 1.807) is 0 Å². The number of hydrogen-bond acceptors (Lipinski definition) is 6. The normalized spacial score (nSPS) is 24.7. The van der Waals surface area contributed by atoms with Gasteiger partial charge in [-0.25, -0.2) is 0 Å². The number of esters is 1. The van der Waals surface area contributed by atoms with Crippen LogP contribution < -0.4 is 9.47 Å². The number of ether oxygens (including phenoxy) is 5. The molecule has 3 aliphatic heterocycles. The zero-order valence-electron chi connectivity index (χ0n) is 23.3. The van der Waals surface area contributed by atoms with E-state index < -0.39 is 0 Å². The van der Waals surface area contributed by atoms with Crippen LogP contribution in [0.25, 0.3) is 0 Å². The fourth-order valence-corrected chi connectivity index (χ4v) is 5.97. The SMILES string of the molecule is Cc1c(CC[C@@H]2C[C@@H](OC3CCCCO3)CC(=O)O2)c2c(c(C)c1OCc1ccccc1)CCC(C)(C)O2. The third-order valence-corrected chi connectivity index (χ3v) is 8.13. The van der Waals surface area contributed by atoms with Crippen LogP contribution in [0.15, 0.2) is 30.3 Å². The van der Waals surface area contributed by atoms with Crippen LogP contribution in [0.3, 0.4) is 0 Å². The smallest absolute Gasteiger partial charge is 0.308 e. The lowest BCUT2D eigenvalue weighted by atomic mass is 9.86. The summed E-state index contributed by atoms with van der Waals surface area (Å²) < 4.78 is 30.8. The molecular weight excluding hydrogens is 480 g/mol. The Bertz CT molecular complexity index is 1120. The van der Waals surface area contributed by atoms with Gasteiger partial charge in [-0.2, -0.15) is 0 Å². The molecule has 0 saturated carbocycles. The van der Waals surface area contributed by atoms with E-state index >= 15 is 0 Å². The van der Waals surface area contributed by atoms with Crippen molar-refractivity contribution in [2.75, 3.05) is 6.61 Å². The Morgan fingerprint density at radius 1 is 1.08 bits per heavy atom. The number of carbonyl (C=O) groups excluding carboxylic acids is 1. The first kappa shape index (κ1) is 27.0. The number of benzene rings is 2. The van der Waals surface area contributed by atoms with Gasteiger partial charge < -0.3 is 23.7 Å². The van der Waals surface area contributed by atoms with Crippen molar-refractivity contribution in [3.05, 3.63) is 58.1 Å². The lowest BCUT2D eigenvalue weighted by molar-refractivity contribution is -0.209. The highest BCUT2D eigenvalue weighted by Crippen LogP contribution is 2.45. The standard InChI is InChI=1S/C32H42O6/c1-21-26(14-13-24-18-25(19-28(33)36-24)37-29-12-8-9-17-34-29)31-27(15-16-32(3,4)38-31)22(2)30(21)35-20-23-10-6-5-7-11-23/h5-7,10-11,24-25,29H,8-9,12-20H2,1-4H3/t24-,25-,29?/m1/s1. The molecule has 2 aromatic carbocycles. The van der Waals surface area contributed by atoms with E-state index in [0.29, 0.717) is 19.4 Å². The molecule has 0 spiro atoms. The van der Waals surface area contributed by atoms with Gasteiger partial charge in [-0.15, -0.1) is 0 Å². The van der Waals surface area contributed by atoms with Gasteiger partial charge in [-0.1, -0.05) is 30.3 Å². The molecule has 1 unspecified atom stereocenters. The molecule has 3 heterocycles. The van der Waals surface area contributed by atoms with E-state index in [0.717, 1.165) is 85.3 Å². The maximum absolute atomic E-state index is 12.5. The lowest BCUT2D eigenvalue weighted by Crippen LogP contribution is -2.38. The zero-order chi connectivity index (χ0) is 26.7. The van der Waals surface area contributed by atoms with E-state index in [4.69, 9.17) is 23.7 Å². The predicted molar refractivity (Wildman–Crippen MR) is 146 cm³/mol. The van der Waals surface area contributed by atoms with Crippen LogP contribution in [-0.4, -0.2) is 36.7 Å². The summed E-state index contributed by atoms with van der Waals surface area (Å²) in [6.07, 6.45) is 6.90. The van der Waals surface area contributed by atoms with Crippen molar-refractivity contribution >= 4 is 5.97 Å². The molecule has 0 radical (unpaired) electrons. The van der Waals surface area contributed by atoms with Gasteiger partial charge in [0.1, 0.15) is 29.8 Å². The van der Waals surface area contributed by atoms with Crippen molar-refractivity contribution in [2.24, 2.45) is 0 Å². The predicted octanol–water partition coefficient (Wildman–Crippen LogP) is 6.54. The Kier molecular flexibility index (Phi) is 8.29. The number of carbonyl (C=O) groups is 1. The van der Waals surface area contributed by atoms with Gasteiger partial charge in [0.2, 0.25) is 0 Å². The van der Waals surface area contributed by atoms with E-state index in [9.17, 15) is 4.79 Å². The largest absolute Gasteiger partial charge is 0.488 e. The highest BCUT2D eigenvalue weighted by Gasteiger charge is 2.35. The van der Waals surface area contributed by atoms with Crippen LogP contribution in [-0.2, 0) is 38.5 Å². The molecule has 2 saturated heterocycles. The minimum atomic E-state index is -0.219. The van der Waals surface area contributed by atoms with Crippen LogP contribution >= 0.6 is 0 Å². The molecule has 5 rings (SSSR count). The number of hydrogen-bond donors (Lipinski definition) is 0. The third kappa shape index (κ3) is 6.35. The van der Waals surface area contributed by atoms with Gasteiger partial charge >= 0.3 is 5.97 Å². The highest BCUT2D eigenvalue weighted by atomic mass is 16.7. The summed E-state index contributed by atoms with van der Waals surface area (Å²) in [6, 6.07) is 10.3. The summed E-state index contributed by atoms with van der Waals surface area (Å²) in [7, 11) is 0. The molecule has 2 fully saturated rings. The van der Waals surface area contributed by atoms with Gasteiger partial charge in [0.05, 0.1) is 12.5 Å². The Morgan fingerprint density at radius 2 is 1.89 bits per heavy atom. The second-order valence-electron chi connectivity index (χ2n) is 11.6. The molecule has 6 heteroatoms. The Hall–Kier alpha value is -2.57. The van der Waals surface area contributed by atoms with Crippen molar-refractivity contribution in [3.63, 3.8) is 0 Å². The minimum Gasteiger partial charge on any atom is -0.488 e. The van der Waals surface area contributed by atoms with Crippen LogP contribution in [0.2, 0.25) is 0 Å². The average Bonchev–Trinajstić information content (AvgIpc) is 2.89. The molecule has 0 aromatic heterocycles. The van der Waals surface area contributed by atoms with Crippen molar-refractivity contribution in [1.29, 1.82) is 0 Å². The summed E-state index contributed by atoms with van der Waals surface area (Å²) in [6.45, 7) is 9.84. The molecule has 6 nitrogen and oxygen atoms in total. The second-order valence-corrected chi connectivity index (χ2v) is 11.6. The van der Waals surface area contributed by atoms with Crippen molar-refractivity contribution in [3.8, 4) is 11.5 Å². The molecule has 0 N–H and O–H groups in total. The van der Waals surface area contributed by atoms with Gasteiger partial charge in [0, 0.05) is 24.2 Å². The maximum Gasteiger partial charge on any atom is 0.308 e. The summed E-state index contributed by atoms with van der Waals surface area (Å²) in [5.74, 6) is 1.75. The molecule has 2 aromatic rings. The van der Waals surface area contributed by atoms with Gasteiger partial charge in [-0.05, 0) is 89.3 Å². The third-order valence-electron chi connectivity index (χ3n) is 8.13. The maximum atomic E-state index is 12.5. The van der Waals surface area contributed by atoms with Crippen molar-refractivity contribution in [1.82, 2.24) is 0 Å². The topological polar surface area (TPSA) is 63.2 Å². The quantitative estimate of drug-likeness (QED) is 0.367. The summed E-state index contributed by atoms with van der Waals surface area (Å²) in [5, 5.41) is 0. The van der Waals surface area contributed by atoms with Crippen LogP contribution in [0.1, 0.15) is 86.6 Å². The fraction of sp³-hybridized carbons (Fsp3) is 0.594. The molecule has 0 amide bonds. The number of rotatable bonds is 8. The summed E-state index contributed by atoms with van der Waals surface area (Å²) in [4.78, 5) is 12.5. The van der Waals surface area contributed by atoms with Crippen LogP contribution in [0.5, 0.6) is 11.5 Å². The van der Waals surface area contributed by atoms with E-state index in [1.807, 2.05) is 18.2 Å². The lowest BCUT2D eigenvalue weighted by Gasteiger charge is -2.37. The molecule has 3 atom stereocenters. The first-order valence-electron chi connectivity index (χ1n) is 14.3. The first-order valence-corrected chi connectivity index (χ1v) is 14.3. The molecule has 206 valence electrons. The Morgan fingerprint density at radius 3 is 2.66 bits per heavy atom. The van der Waals surface area contributed by atoms with E-state index in [2.05, 4.69) is 39.8 Å². The molecule has 38 heavy (non-hydrogen) atoms. The summed E-state index contributed by atoms with van der Waals surface area (Å²) in [5.41, 5.74) is 5.60. The van der Waals surface area contributed by atoms with E-state index in [1.165, 1.54) is 5.56 Å². The van der Waals surface area contributed by atoms with Gasteiger partial charge in [0.15, 0.2) is 6.29 Å². The van der Waals surface area contributed by atoms with Crippen LogP contribution in [0, 0.1) is 13.8 Å². The van der Waals surface area contributed by atoms with Crippen molar-refractivity contribution < 1.29 is 28.5 Å². The summed E-state index contributed by atoms with van der Waals surface area (Å²) >= 11 is 0. The first-order chi connectivity index (χ1) is 18.3. The van der Waals surface area contributed by atoms with E-state index in [-0.39, 0.29) is 30.1 Å². The molecule has 3 aliphatic rings. The number of fused-ring (bicyclic) bond motifs is 1. The second kappa shape index (κ2) is 11.7. The monoisotopic (exact) mass is 522 g/mol. The number of cyclic esters (lactones) is 1. The Labute approximate surface area is 226 Å². The molecule has 0 bridgehead atoms. The van der Waals surface area contributed by atoms with Gasteiger partial charge in [-0.3, -0.25) is 4.79 Å². The highest BCUT2D eigenvalue weighted by molar-refractivity contribution is 5.71. The molecular formula is C32H42O6. The van der Waals surface area contributed by atoms with Crippen LogP contribution in [0.4, 0.5) is 0 Å². The molecule has 0 aliphatic carbocycles. The van der Waals surface area contributed by atoms with Crippen molar-refractivity contribution in [2.45, 2.75) is 116 Å². The minimum absolute atomic E-state index is 0.155.